The lowest BCUT2D eigenvalue weighted by Gasteiger charge is -2.29. The normalized spacial score (nSPS) is 26.3. The van der Waals surface area contributed by atoms with Crippen LogP contribution in [0.4, 0.5) is 4.79 Å². The van der Waals surface area contributed by atoms with Gasteiger partial charge >= 0.3 is 6.03 Å². The van der Waals surface area contributed by atoms with Crippen LogP contribution in [0.5, 0.6) is 5.75 Å². The van der Waals surface area contributed by atoms with Gasteiger partial charge in [0.15, 0.2) is 0 Å². The van der Waals surface area contributed by atoms with Gasteiger partial charge in [0.25, 0.3) is 0 Å². The number of likely N-dealkylation sites (tertiary alicyclic amines) is 2. The zero-order valence-electron chi connectivity index (χ0n) is 17.2. The zero-order valence-corrected chi connectivity index (χ0v) is 17.2. The molecule has 0 saturated carbocycles. The number of benzene rings is 1. The molecule has 156 valence electrons. The van der Waals surface area contributed by atoms with E-state index in [2.05, 4.69) is 0 Å². The predicted octanol–water partition coefficient (Wildman–Crippen LogP) is 1.04. The SMILES string of the molecule is COc1ccc([C@H]2[C@@H]3CN(C(=O)CN4CCN(C)C4=O)C[C@@H]3CN2C(C)=O)cc1. The van der Waals surface area contributed by atoms with Crippen LogP contribution in [0.15, 0.2) is 24.3 Å². The van der Waals surface area contributed by atoms with E-state index in [1.54, 1.807) is 30.9 Å². The summed E-state index contributed by atoms with van der Waals surface area (Å²) < 4.78 is 5.25. The molecule has 1 aromatic carbocycles. The fourth-order valence-electron chi connectivity index (χ4n) is 4.91. The van der Waals surface area contributed by atoms with Crippen LogP contribution in [0.3, 0.4) is 0 Å². The third-order valence-corrected chi connectivity index (χ3v) is 6.51. The van der Waals surface area contributed by atoms with Crippen molar-refractivity contribution in [3.8, 4) is 5.75 Å². The van der Waals surface area contributed by atoms with E-state index in [1.807, 2.05) is 34.1 Å². The van der Waals surface area contributed by atoms with Crippen molar-refractivity contribution in [3.05, 3.63) is 29.8 Å². The van der Waals surface area contributed by atoms with E-state index in [1.165, 1.54) is 0 Å². The van der Waals surface area contributed by atoms with E-state index in [-0.39, 0.29) is 42.3 Å². The van der Waals surface area contributed by atoms with Gasteiger partial charge in [-0.2, -0.15) is 0 Å². The van der Waals surface area contributed by atoms with Crippen LogP contribution in [0.25, 0.3) is 0 Å². The van der Waals surface area contributed by atoms with Crippen molar-refractivity contribution in [1.29, 1.82) is 0 Å². The van der Waals surface area contributed by atoms with Gasteiger partial charge in [-0.3, -0.25) is 9.59 Å². The highest BCUT2D eigenvalue weighted by Gasteiger charge is 2.49. The highest BCUT2D eigenvalue weighted by Crippen LogP contribution is 2.45. The fraction of sp³-hybridized carbons (Fsp3) is 0.571. The first-order valence-electron chi connectivity index (χ1n) is 10.1. The van der Waals surface area contributed by atoms with Gasteiger partial charge in [0.05, 0.1) is 13.2 Å². The summed E-state index contributed by atoms with van der Waals surface area (Å²) in [6, 6.07) is 7.70. The summed E-state index contributed by atoms with van der Waals surface area (Å²) in [5.41, 5.74) is 1.07. The largest absolute Gasteiger partial charge is 0.497 e. The number of carbonyl (C=O) groups excluding carboxylic acids is 3. The van der Waals surface area contributed by atoms with Crippen LogP contribution in [-0.2, 0) is 9.59 Å². The lowest BCUT2D eigenvalue weighted by molar-refractivity contribution is -0.132. The quantitative estimate of drug-likeness (QED) is 0.757. The molecule has 29 heavy (non-hydrogen) atoms. The molecule has 0 unspecified atom stereocenters. The van der Waals surface area contributed by atoms with Gasteiger partial charge in [-0.25, -0.2) is 4.79 Å². The lowest BCUT2D eigenvalue weighted by atomic mass is 9.89. The molecule has 3 fully saturated rings. The van der Waals surface area contributed by atoms with Crippen LogP contribution in [0.2, 0.25) is 0 Å². The molecule has 4 amide bonds. The Labute approximate surface area is 171 Å². The van der Waals surface area contributed by atoms with E-state index >= 15 is 0 Å². The fourth-order valence-corrected chi connectivity index (χ4v) is 4.91. The van der Waals surface area contributed by atoms with E-state index in [9.17, 15) is 14.4 Å². The second-order valence-corrected chi connectivity index (χ2v) is 8.24. The van der Waals surface area contributed by atoms with Crippen molar-refractivity contribution in [3.63, 3.8) is 0 Å². The average molecular weight is 400 g/mol. The monoisotopic (exact) mass is 400 g/mol. The smallest absolute Gasteiger partial charge is 0.320 e. The third kappa shape index (κ3) is 3.52. The van der Waals surface area contributed by atoms with Gasteiger partial charge in [0, 0.05) is 58.5 Å². The first-order valence-corrected chi connectivity index (χ1v) is 10.1. The summed E-state index contributed by atoms with van der Waals surface area (Å²) in [4.78, 5) is 44.2. The summed E-state index contributed by atoms with van der Waals surface area (Å²) in [6.45, 7) is 4.90. The zero-order chi connectivity index (χ0) is 20.7. The van der Waals surface area contributed by atoms with Gasteiger partial charge in [-0.15, -0.1) is 0 Å². The molecule has 0 aromatic heterocycles. The minimum Gasteiger partial charge on any atom is -0.497 e. The first kappa shape index (κ1) is 19.5. The second kappa shape index (κ2) is 7.57. The number of likely N-dealkylation sites (N-methyl/N-ethyl adjacent to an activating group) is 1. The van der Waals surface area contributed by atoms with Crippen LogP contribution < -0.4 is 4.74 Å². The van der Waals surface area contributed by atoms with Crippen molar-refractivity contribution < 1.29 is 19.1 Å². The second-order valence-electron chi connectivity index (χ2n) is 8.24. The molecule has 3 saturated heterocycles. The number of urea groups is 1. The summed E-state index contributed by atoms with van der Waals surface area (Å²) in [6.07, 6.45) is 0. The maximum atomic E-state index is 12.8. The molecule has 0 spiro atoms. The van der Waals surface area contributed by atoms with E-state index in [0.717, 1.165) is 11.3 Å². The van der Waals surface area contributed by atoms with Crippen molar-refractivity contribution in [2.75, 3.05) is 53.4 Å². The Hall–Kier alpha value is -2.77. The van der Waals surface area contributed by atoms with Gasteiger partial charge in [-0.05, 0) is 17.7 Å². The number of ether oxygens (including phenoxy) is 1. The molecule has 0 bridgehead atoms. The topological polar surface area (TPSA) is 73.4 Å². The molecule has 8 heteroatoms. The lowest BCUT2D eigenvalue weighted by Crippen LogP contribution is -2.42. The maximum absolute atomic E-state index is 12.8. The highest BCUT2D eigenvalue weighted by molar-refractivity contribution is 5.85. The van der Waals surface area contributed by atoms with Crippen molar-refractivity contribution in [1.82, 2.24) is 19.6 Å². The molecule has 3 atom stereocenters. The van der Waals surface area contributed by atoms with E-state index in [0.29, 0.717) is 32.7 Å². The number of nitrogens with zero attached hydrogens (tertiary/aromatic N) is 4. The Kier molecular flexibility index (Phi) is 5.10. The average Bonchev–Trinajstić information content (AvgIpc) is 3.36. The van der Waals surface area contributed by atoms with Crippen molar-refractivity contribution >= 4 is 17.8 Å². The number of hydrogen-bond acceptors (Lipinski definition) is 4. The Bertz CT molecular complexity index is 811. The summed E-state index contributed by atoms with van der Waals surface area (Å²) >= 11 is 0. The molecular formula is C21H28N4O4. The molecule has 3 aliphatic rings. The van der Waals surface area contributed by atoms with Gasteiger partial charge in [0.2, 0.25) is 11.8 Å². The minimum absolute atomic E-state index is 0.00842. The molecule has 3 heterocycles. The number of methoxy groups -OCH3 is 1. The predicted molar refractivity (Wildman–Crippen MR) is 106 cm³/mol. The first-order chi connectivity index (χ1) is 13.9. The Morgan fingerprint density at radius 3 is 2.41 bits per heavy atom. The van der Waals surface area contributed by atoms with Crippen LogP contribution in [0, 0.1) is 11.8 Å². The third-order valence-electron chi connectivity index (χ3n) is 6.51. The number of rotatable bonds is 4. The standard InChI is InChI=1S/C21H28N4O4/c1-14(26)25-11-16-10-24(19(27)13-23-9-8-22(2)21(23)28)12-18(16)20(25)15-4-6-17(29-3)7-5-15/h4-7,16,18,20H,8-13H2,1-3H3/t16-,18-,20+/m1/s1. The van der Waals surface area contributed by atoms with Crippen molar-refractivity contribution in [2.45, 2.75) is 13.0 Å². The number of amides is 4. The molecule has 0 aliphatic carbocycles. The van der Waals surface area contributed by atoms with Crippen LogP contribution in [0.1, 0.15) is 18.5 Å². The number of carbonyl (C=O) groups is 3. The molecule has 0 N–H and O–H groups in total. The molecule has 0 radical (unpaired) electrons. The van der Waals surface area contributed by atoms with Gasteiger partial charge in [-0.1, -0.05) is 12.1 Å². The maximum Gasteiger partial charge on any atom is 0.320 e. The van der Waals surface area contributed by atoms with E-state index < -0.39 is 0 Å². The summed E-state index contributed by atoms with van der Waals surface area (Å²) in [7, 11) is 3.38. The van der Waals surface area contributed by atoms with Crippen LogP contribution >= 0.6 is 0 Å². The highest BCUT2D eigenvalue weighted by atomic mass is 16.5. The summed E-state index contributed by atoms with van der Waals surface area (Å²) in [5.74, 6) is 1.29. The van der Waals surface area contributed by atoms with E-state index in [4.69, 9.17) is 4.74 Å². The van der Waals surface area contributed by atoms with Gasteiger partial charge in [0.1, 0.15) is 12.3 Å². The number of hydrogen-bond donors (Lipinski definition) is 0. The number of fused-ring (bicyclic) bond motifs is 1. The molecule has 1 aromatic rings. The van der Waals surface area contributed by atoms with Crippen molar-refractivity contribution in [2.24, 2.45) is 11.8 Å². The Morgan fingerprint density at radius 1 is 1.10 bits per heavy atom. The van der Waals surface area contributed by atoms with Crippen LogP contribution in [-0.4, -0.2) is 90.9 Å². The minimum atomic E-state index is -0.0865. The Balaban J connectivity index is 1.48. The molecule has 8 nitrogen and oxygen atoms in total. The molecule has 3 aliphatic heterocycles. The summed E-state index contributed by atoms with van der Waals surface area (Å²) in [5, 5.41) is 0. The Morgan fingerprint density at radius 2 is 1.83 bits per heavy atom. The molecular weight excluding hydrogens is 372 g/mol. The van der Waals surface area contributed by atoms with Gasteiger partial charge < -0.3 is 24.3 Å². The molecule has 4 rings (SSSR count).